The van der Waals surface area contributed by atoms with Gasteiger partial charge in [-0.25, -0.2) is 0 Å². The van der Waals surface area contributed by atoms with Crippen molar-refractivity contribution in [1.82, 2.24) is 0 Å². The van der Waals surface area contributed by atoms with Crippen LogP contribution >= 0.6 is 0 Å². The number of hydrogen-bond donors (Lipinski definition) is 3. The van der Waals surface area contributed by atoms with Crippen molar-refractivity contribution in [3.8, 4) is 0 Å². The van der Waals surface area contributed by atoms with Crippen molar-refractivity contribution in [1.29, 1.82) is 0 Å². The van der Waals surface area contributed by atoms with Crippen molar-refractivity contribution in [3.63, 3.8) is 0 Å². The maximum absolute atomic E-state index is 10.5. The van der Waals surface area contributed by atoms with Gasteiger partial charge in [-0.15, -0.1) is 0 Å². The van der Waals surface area contributed by atoms with E-state index in [1.54, 1.807) is 0 Å². The number of carboxylic acid groups (broad SMARTS) is 1. The third-order valence-electron chi connectivity index (χ3n) is 1.39. The Morgan fingerprint density at radius 2 is 2.08 bits per heavy atom. The molecule has 0 spiro atoms. The van der Waals surface area contributed by atoms with Crippen molar-refractivity contribution < 1.29 is 19.4 Å². The second-order valence-electron chi connectivity index (χ2n) is 2.31. The molecule has 0 aromatic carbocycles. The third-order valence-corrected chi connectivity index (χ3v) is 1.39. The Morgan fingerprint density at radius 1 is 1.58 bits per heavy atom. The molecule has 0 aliphatic carbocycles. The van der Waals surface area contributed by atoms with Crippen LogP contribution in [0.2, 0.25) is 0 Å². The summed E-state index contributed by atoms with van der Waals surface area (Å²) in [5.41, 5.74) is 10.0. The molecule has 70 valence electrons. The minimum Gasteiger partial charge on any atom is -0.480 e. The smallest absolute Gasteiger partial charge is 0.320 e. The summed E-state index contributed by atoms with van der Waals surface area (Å²) < 4.78 is 4.61. The summed E-state index contributed by atoms with van der Waals surface area (Å²) in [4.78, 5) is 20.8. The fourth-order valence-corrected chi connectivity index (χ4v) is 0.660. The molecule has 2 atom stereocenters. The van der Waals surface area contributed by atoms with Gasteiger partial charge in [-0.3, -0.25) is 9.59 Å². The van der Waals surface area contributed by atoms with E-state index in [-0.39, 0.29) is 6.42 Å². The molecular formula is C6H12N2O4. The summed E-state index contributed by atoms with van der Waals surface area (Å²) in [6.07, 6.45) is -1.04. The minimum atomic E-state index is -1.18. The number of carboxylic acids is 1. The predicted molar refractivity (Wildman–Crippen MR) is 40.2 cm³/mol. The molecule has 0 bridgehead atoms. The summed E-state index contributed by atoms with van der Waals surface area (Å²) in [6.45, 7) is 0. The fraction of sp³-hybridized carbons (Fsp3) is 0.667. The van der Waals surface area contributed by atoms with Crippen molar-refractivity contribution in [3.05, 3.63) is 0 Å². The molecule has 6 nitrogen and oxygen atoms in total. The number of nitrogens with two attached hydrogens (primary N) is 2. The number of amides is 1. The van der Waals surface area contributed by atoms with Crippen molar-refractivity contribution in [2.75, 3.05) is 7.11 Å². The Hall–Kier alpha value is -1.14. The van der Waals surface area contributed by atoms with Gasteiger partial charge >= 0.3 is 5.97 Å². The minimum absolute atomic E-state index is 0.110. The van der Waals surface area contributed by atoms with Gasteiger partial charge in [0.1, 0.15) is 12.1 Å². The molecule has 5 N–H and O–H groups in total. The maximum Gasteiger partial charge on any atom is 0.320 e. The monoisotopic (exact) mass is 176 g/mol. The van der Waals surface area contributed by atoms with Crippen molar-refractivity contribution in [2.24, 2.45) is 11.5 Å². The first-order chi connectivity index (χ1) is 5.49. The number of ether oxygens (including phenoxy) is 1. The highest BCUT2D eigenvalue weighted by Crippen LogP contribution is 1.99. The average Bonchev–Trinajstić information content (AvgIpc) is 1.98. The van der Waals surface area contributed by atoms with E-state index in [2.05, 4.69) is 4.74 Å². The number of primary amides is 1. The zero-order valence-electron chi connectivity index (χ0n) is 6.69. The molecule has 0 aliphatic rings. The molecule has 0 aromatic rings. The van der Waals surface area contributed by atoms with Gasteiger partial charge < -0.3 is 21.3 Å². The lowest BCUT2D eigenvalue weighted by Gasteiger charge is -2.13. The Labute approximate surface area is 69.5 Å². The van der Waals surface area contributed by atoms with Crippen LogP contribution in [-0.2, 0) is 14.3 Å². The summed E-state index contributed by atoms with van der Waals surface area (Å²) in [7, 11) is 1.27. The van der Waals surface area contributed by atoms with Gasteiger partial charge in [0.2, 0.25) is 5.91 Å². The van der Waals surface area contributed by atoms with Gasteiger partial charge in [0.05, 0.1) is 0 Å². The van der Waals surface area contributed by atoms with Crippen molar-refractivity contribution in [2.45, 2.75) is 18.6 Å². The van der Waals surface area contributed by atoms with E-state index in [0.717, 1.165) is 0 Å². The lowest BCUT2D eigenvalue weighted by atomic mass is 10.1. The highest BCUT2D eigenvalue weighted by Gasteiger charge is 2.22. The van der Waals surface area contributed by atoms with Gasteiger partial charge in [-0.05, 0) is 0 Å². The summed E-state index contributed by atoms with van der Waals surface area (Å²) >= 11 is 0. The average molecular weight is 176 g/mol. The van der Waals surface area contributed by atoms with Crippen LogP contribution in [0.25, 0.3) is 0 Å². The topological polar surface area (TPSA) is 116 Å². The molecule has 12 heavy (non-hydrogen) atoms. The van der Waals surface area contributed by atoms with E-state index in [4.69, 9.17) is 16.6 Å². The van der Waals surface area contributed by atoms with E-state index in [9.17, 15) is 9.59 Å². The highest BCUT2D eigenvalue weighted by atomic mass is 16.5. The molecule has 0 saturated carbocycles. The molecule has 0 saturated heterocycles. The molecule has 0 fully saturated rings. The number of carbonyl (C=O) groups is 2. The zero-order valence-corrected chi connectivity index (χ0v) is 6.69. The Kier molecular flexibility index (Phi) is 4.24. The number of hydrogen-bond acceptors (Lipinski definition) is 4. The molecule has 6 heteroatoms. The lowest BCUT2D eigenvalue weighted by Crippen LogP contribution is -2.40. The quantitative estimate of drug-likeness (QED) is 0.461. The fourth-order valence-electron chi connectivity index (χ4n) is 0.660. The molecule has 0 rings (SSSR count). The van der Waals surface area contributed by atoms with Crippen LogP contribution in [0.5, 0.6) is 0 Å². The Bertz CT molecular complexity index is 182. The summed E-state index contributed by atoms with van der Waals surface area (Å²) in [5.74, 6) is -1.90. The number of carbonyl (C=O) groups excluding carboxylic acids is 1. The normalized spacial score (nSPS) is 15.2. The largest absolute Gasteiger partial charge is 0.480 e. The van der Waals surface area contributed by atoms with E-state index in [1.807, 2.05) is 0 Å². The second kappa shape index (κ2) is 4.68. The van der Waals surface area contributed by atoms with E-state index >= 15 is 0 Å². The lowest BCUT2D eigenvalue weighted by molar-refractivity contribution is -0.140. The first-order valence-electron chi connectivity index (χ1n) is 3.29. The second-order valence-corrected chi connectivity index (χ2v) is 2.31. The van der Waals surface area contributed by atoms with E-state index in [0.29, 0.717) is 0 Å². The van der Waals surface area contributed by atoms with E-state index < -0.39 is 24.0 Å². The van der Waals surface area contributed by atoms with Crippen LogP contribution in [0.4, 0.5) is 0 Å². The van der Waals surface area contributed by atoms with Gasteiger partial charge in [-0.2, -0.15) is 0 Å². The first-order valence-corrected chi connectivity index (χ1v) is 3.29. The van der Waals surface area contributed by atoms with Gasteiger partial charge in [0.15, 0.2) is 0 Å². The zero-order chi connectivity index (χ0) is 9.72. The SMILES string of the molecule is COC(CC(N)C(=O)O)C(N)=O. The van der Waals surface area contributed by atoms with Gasteiger partial charge in [0, 0.05) is 13.5 Å². The number of rotatable bonds is 5. The van der Waals surface area contributed by atoms with Crippen LogP contribution in [0.1, 0.15) is 6.42 Å². The molecule has 2 unspecified atom stereocenters. The standard InChI is InChI=1S/C6H12N2O4/c1-12-4(5(8)9)2-3(7)6(10)11/h3-4H,2,7H2,1H3,(H2,8,9)(H,10,11). The van der Waals surface area contributed by atoms with Crippen LogP contribution in [-0.4, -0.2) is 36.2 Å². The molecule has 0 aliphatic heterocycles. The summed E-state index contributed by atoms with van der Waals surface area (Å²) in [6, 6.07) is -1.12. The van der Waals surface area contributed by atoms with Crippen LogP contribution < -0.4 is 11.5 Å². The Balaban J connectivity index is 4.02. The van der Waals surface area contributed by atoms with Gasteiger partial charge in [-0.1, -0.05) is 0 Å². The first kappa shape index (κ1) is 10.9. The van der Waals surface area contributed by atoms with E-state index in [1.165, 1.54) is 7.11 Å². The predicted octanol–water partition coefficient (Wildman–Crippen LogP) is -1.71. The molecule has 0 heterocycles. The molecule has 1 amide bonds. The Morgan fingerprint density at radius 3 is 2.33 bits per heavy atom. The summed E-state index contributed by atoms with van der Waals surface area (Å²) in [5, 5.41) is 8.38. The number of methoxy groups -OCH3 is 1. The highest BCUT2D eigenvalue weighted by molar-refractivity contribution is 5.80. The van der Waals surface area contributed by atoms with Crippen molar-refractivity contribution >= 4 is 11.9 Å². The molecule has 0 aromatic heterocycles. The third kappa shape index (κ3) is 3.31. The van der Waals surface area contributed by atoms with Crippen LogP contribution in [0.15, 0.2) is 0 Å². The maximum atomic E-state index is 10.5. The van der Waals surface area contributed by atoms with Crippen LogP contribution in [0, 0.1) is 0 Å². The van der Waals surface area contributed by atoms with Gasteiger partial charge in [0.25, 0.3) is 0 Å². The molecule has 0 radical (unpaired) electrons. The van der Waals surface area contributed by atoms with Crippen LogP contribution in [0.3, 0.4) is 0 Å². The molecular weight excluding hydrogens is 164 g/mol. The number of aliphatic carboxylic acids is 1.